The highest BCUT2D eigenvalue weighted by molar-refractivity contribution is 9.10. The van der Waals surface area contributed by atoms with Crippen molar-refractivity contribution in [2.24, 2.45) is 0 Å². The fourth-order valence-corrected chi connectivity index (χ4v) is 1.93. The third-order valence-corrected chi connectivity index (χ3v) is 2.85. The van der Waals surface area contributed by atoms with Crippen LogP contribution in [0.15, 0.2) is 18.2 Å². The Morgan fingerprint density at radius 2 is 2.22 bits per heavy atom. The highest BCUT2D eigenvalue weighted by Crippen LogP contribution is 2.27. The van der Waals surface area contributed by atoms with Gasteiger partial charge in [0.15, 0.2) is 11.5 Å². The normalized spacial score (nSPS) is 12.0. The molecular formula is C13H18BrNO3. The second kappa shape index (κ2) is 6.64. The van der Waals surface area contributed by atoms with Crippen LogP contribution in [0, 0.1) is 0 Å². The number of carbonyl (C=O) groups excluding carboxylic acids is 1. The van der Waals surface area contributed by atoms with Crippen molar-refractivity contribution in [1.29, 1.82) is 0 Å². The molecule has 0 saturated heterocycles. The van der Waals surface area contributed by atoms with Gasteiger partial charge in [0.1, 0.15) is 0 Å². The number of phenols is 1. The van der Waals surface area contributed by atoms with Gasteiger partial charge < -0.3 is 14.7 Å². The largest absolute Gasteiger partial charge is 0.504 e. The summed E-state index contributed by atoms with van der Waals surface area (Å²) in [6.45, 7) is 4.62. The summed E-state index contributed by atoms with van der Waals surface area (Å²) >= 11 is 3.25. The van der Waals surface area contributed by atoms with Gasteiger partial charge in [0.2, 0.25) is 5.91 Å². The highest BCUT2D eigenvalue weighted by atomic mass is 79.9. The highest BCUT2D eigenvalue weighted by Gasteiger charge is 2.15. The molecule has 1 rings (SSSR count). The van der Waals surface area contributed by atoms with Gasteiger partial charge >= 0.3 is 0 Å². The number of halogens is 1. The SMILES string of the molecule is CCOc1cc(CN(C)C(=O)C(C)Br)ccc1O. The van der Waals surface area contributed by atoms with E-state index in [0.717, 1.165) is 5.56 Å². The molecule has 1 atom stereocenters. The van der Waals surface area contributed by atoms with E-state index in [2.05, 4.69) is 15.9 Å². The van der Waals surface area contributed by atoms with Gasteiger partial charge in [-0.3, -0.25) is 4.79 Å². The minimum atomic E-state index is -0.203. The first-order valence-corrected chi connectivity index (χ1v) is 6.71. The number of carbonyl (C=O) groups is 1. The Morgan fingerprint density at radius 3 is 2.78 bits per heavy atom. The van der Waals surface area contributed by atoms with E-state index in [4.69, 9.17) is 4.74 Å². The fraction of sp³-hybridized carbons (Fsp3) is 0.462. The maximum atomic E-state index is 11.7. The lowest BCUT2D eigenvalue weighted by Crippen LogP contribution is -2.31. The fourth-order valence-electron chi connectivity index (χ4n) is 1.58. The molecule has 1 aromatic rings. The zero-order valence-corrected chi connectivity index (χ0v) is 12.4. The Labute approximate surface area is 116 Å². The van der Waals surface area contributed by atoms with Crippen LogP contribution in [0.25, 0.3) is 0 Å². The van der Waals surface area contributed by atoms with Crippen LogP contribution < -0.4 is 4.74 Å². The average molecular weight is 316 g/mol. The van der Waals surface area contributed by atoms with E-state index in [0.29, 0.717) is 18.9 Å². The lowest BCUT2D eigenvalue weighted by molar-refractivity contribution is -0.129. The van der Waals surface area contributed by atoms with E-state index >= 15 is 0 Å². The minimum absolute atomic E-state index is 0.0148. The first-order chi connectivity index (χ1) is 8.45. The molecule has 0 aliphatic rings. The Morgan fingerprint density at radius 1 is 1.56 bits per heavy atom. The summed E-state index contributed by atoms with van der Waals surface area (Å²) in [4.78, 5) is 13.1. The minimum Gasteiger partial charge on any atom is -0.504 e. The van der Waals surface area contributed by atoms with Crippen LogP contribution in [0.4, 0.5) is 0 Å². The van der Waals surface area contributed by atoms with E-state index < -0.39 is 0 Å². The van der Waals surface area contributed by atoms with Gasteiger partial charge in [0.25, 0.3) is 0 Å². The Balaban J connectivity index is 2.79. The van der Waals surface area contributed by atoms with Gasteiger partial charge in [-0.05, 0) is 31.5 Å². The topological polar surface area (TPSA) is 49.8 Å². The van der Waals surface area contributed by atoms with Gasteiger partial charge in [0.05, 0.1) is 11.4 Å². The van der Waals surface area contributed by atoms with Crippen molar-refractivity contribution in [1.82, 2.24) is 4.90 Å². The smallest absolute Gasteiger partial charge is 0.236 e. The van der Waals surface area contributed by atoms with Crippen LogP contribution in [0.3, 0.4) is 0 Å². The third kappa shape index (κ3) is 3.91. The second-order valence-corrected chi connectivity index (χ2v) is 5.42. The number of ether oxygens (including phenoxy) is 1. The molecule has 0 aliphatic heterocycles. The molecule has 0 heterocycles. The maximum absolute atomic E-state index is 11.7. The maximum Gasteiger partial charge on any atom is 0.236 e. The van der Waals surface area contributed by atoms with Gasteiger partial charge in [0, 0.05) is 13.6 Å². The summed E-state index contributed by atoms with van der Waals surface area (Å²) < 4.78 is 5.30. The van der Waals surface area contributed by atoms with Gasteiger partial charge in [-0.15, -0.1) is 0 Å². The van der Waals surface area contributed by atoms with Gasteiger partial charge in [-0.1, -0.05) is 22.0 Å². The van der Waals surface area contributed by atoms with Gasteiger partial charge in [-0.2, -0.15) is 0 Å². The summed E-state index contributed by atoms with van der Waals surface area (Å²) in [6, 6.07) is 5.11. The summed E-state index contributed by atoms with van der Waals surface area (Å²) in [5.74, 6) is 0.576. The lowest BCUT2D eigenvalue weighted by Gasteiger charge is -2.19. The average Bonchev–Trinajstić information content (AvgIpc) is 2.32. The lowest BCUT2D eigenvalue weighted by atomic mass is 10.2. The molecule has 1 aromatic carbocycles. The van der Waals surface area contributed by atoms with E-state index in [1.165, 1.54) is 0 Å². The summed E-state index contributed by atoms with van der Waals surface area (Å²) in [7, 11) is 1.74. The summed E-state index contributed by atoms with van der Waals surface area (Å²) in [5, 5.41) is 9.58. The predicted molar refractivity (Wildman–Crippen MR) is 74.1 cm³/mol. The monoisotopic (exact) mass is 315 g/mol. The first-order valence-electron chi connectivity index (χ1n) is 5.79. The molecule has 5 heteroatoms. The van der Waals surface area contributed by atoms with Crippen molar-refractivity contribution in [2.75, 3.05) is 13.7 Å². The molecule has 0 aliphatic carbocycles. The predicted octanol–water partition coefficient (Wildman–Crippen LogP) is 2.53. The van der Waals surface area contributed by atoms with Gasteiger partial charge in [-0.25, -0.2) is 0 Å². The molecule has 0 saturated carbocycles. The van der Waals surface area contributed by atoms with Crippen LogP contribution in [-0.2, 0) is 11.3 Å². The van der Waals surface area contributed by atoms with Crippen LogP contribution in [0.5, 0.6) is 11.5 Å². The third-order valence-electron chi connectivity index (χ3n) is 2.46. The van der Waals surface area contributed by atoms with Crippen molar-refractivity contribution in [2.45, 2.75) is 25.2 Å². The molecule has 0 aromatic heterocycles. The molecule has 1 amide bonds. The van der Waals surface area contributed by atoms with Crippen LogP contribution in [-0.4, -0.2) is 34.4 Å². The Kier molecular flexibility index (Phi) is 5.47. The van der Waals surface area contributed by atoms with Crippen molar-refractivity contribution in [3.63, 3.8) is 0 Å². The number of hydrogen-bond acceptors (Lipinski definition) is 3. The second-order valence-electron chi connectivity index (χ2n) is 4.05. The molecule has 18 heavy (non-hydrogen) atoms. The molecule has 100 valence electrons. The van der Waals surface area contributed by atoms with Crippen molar-refractivity contribution in [3.8, 4) is 11.5 Å². The molecule has 0 bridgehead atoms. The quantitative estimate of drug-likeness (QED) is 0.849. The van der Waals surface area contributed by atoms with Crippen LogP contribution >= 0.6 is 15.9 Å². The number of nitrogens with zero attached hydrogens (tertiary/aromatic N) is 1. The molecular weight excluding hydrogens is 298 g/mol. The number of aromatic hydroxyl groups is 1. The zero-order chi connectivity index (χ0) is 13.7. The van der Waals surface area contributed by atoms with Crippen LogP contribution in [0.1, 0.15) is 19.4 Å². The molecule has 4 nitrogen and oxygen atoms in total. The standard InChI is InChI=1S/C13H18BrNO3/c1-4-18-12-7-10(5-6-11(12)16)8-15(3)13(17)9(2)14/h5-7,9,16H,4,8H2,1-3H3. The van der Waals surface area contributed by atoms with Crippen LogP contribution in [0.2, 0.25) is 0 Å². The molecule has 1 N–H and O–H groups in total. The number of phenolic OH excluding ortho intramolecular Hbond substituents is 1. The Bertz CT molecular complexity index is 421. The van der Waals surface area contributed by atoms with E-state index in [1.807, 2.05) is 6.92 Å². The van der Waals surface area contributed by atoms with Crippen molar-refractivity contribution < 1.29 is 14.6 Å². The molecule has 0 radical (unpaired) electrons. The van der Waals surface area contributed by atoms with E-state index in [1.54, 1.807) is 37.1 Å². The number of alkyl halides is 1. The zero-order valence-electron chi connectivity index (χ0n) is 10.8. The van der Waals surface area contributed by atoms with Crippen molar-refractivity contribution in [3.05, 3.63) is 23.8 Å². The number of amides is 1. The number of rotatable bonds is 5. The molecule has 1 unspecified atom stereocenters. The Hall–Kier alpha value is -1.23. The van der Waals surface area contributed by atoms with E-state index in [9.17, 15) is 9.90 Å². The number of hydrogen-bond donors (Lipinski definition) is 1. The van der Waals surface area contributed by atoms with Crippen molar-refractivity contribution >= 4 is 21.8 Å². The molecule has 0 spiro atoms. The number of benzene rings is 1. The van der Waals surface area contributed by atoms with E-state index in [-0.39, 0.29) is 16.5 Å². The first kappa shape index (κ1) is 14.8. The summed E-state index contributed by atoms with van der Waals surface area (Å²) in [5.41, 5.74) is 0.917. The summed E-state index contributed by atoms with van der Waals surface area (Å²) in [6.07, 6.45) is 0. The molecule has 0 fully saturated rings.